The second-order valence-corrected chi connectivity index (χ2v) is 5.95. The van der Waals surface area contributed by atoms with Gasteiger partial charge in [-0.25, -0.2) is 8.42 Å². The number of sulfone groups is 1. The molecule has 1 saturated carbocycles. The lowest BCUT2D eigenvalue weighted by atomic mass is 9.97. The zero-order valence-electron chi connectivity index (χ0n) is 7.36. The monoisotopic (exact) mass is 192 g/mol. The molecule has 72 valence electrons. The molecule has 0 aromatic carbocycles. The van der Waals surface area contributed by atoms with Crippen LogP contribution in [0.1, 0.15) is 32.6 Å². The molecule has 12 heavy (non-hydrogen) atoms. The van der Waals surface area contributed by atoms with Gasteiger partial charge in [0.1, 0.15) is 0 Å². The van der Waals surface area contributed by atoms with Crippen molar-refractivity contribution in [2.24, 2.45) is 0 Å². The third-order valence-corrected chi connectivity index (χ3v) is 4.85. The summed E-state index contributed by atoms with van der Waals surface area (Å²) >= 11 is 0. The molecule has 0 aromatic heterocycles. The Morgan fingerprint density at radius 2 is 1.75 bits per heavy atom. The molecule has 1 aliphatic rings. The van der Waals surface area contributed by atoms with E-state index >= 15 is 0 Å². The van der Waals surface area contributed by atoms with Gasteiger partial charge in [0.15, 0.2) is 9.84 Å². The Labute approximate surface area is 73.7 Å². The van der Waals surface area contributed by atoms with Gasteiger partial charge in [-0.05, 0) is 25.7 Å². The van der Waals surface area contributed by atoms with E-state index in [0.717, 1.165) is 0 Å². The molecule has 1 rings (SSSR count). The zero-order chi connectivity index (χ0) is 9.19. The topological polar surface area (TPSA) is 54.4 Å². The molecule has 0 radical (unpaired) electrons. The van der Waals surface area contributed by atoms with Crippen LogP contribution in [-0.4, -0.2) is 30.6 Å². The molecule has 0 aromatic rings. The molecule has 0 bridgehead atoms. The molecule has 3 nitrogen and oxygen atoms in total. The SMILES string of the molecule is CCS(=O)(=O)C1CCC(O)CC1. The van der Waals surface area contributed by atoms with Crippen molar-refractivity contribution in [3.63, 3.8) is 0 Å². The predicted molar refractivity (Wildman–Crippen MR) is 47.7 cm³/mol. The predicted octanol–water partition coefficient (Wildman–Crippen LogP) is 0.725. The largest absolute Gasteiger partial charge is 0.393 e. The first kappa shape index (κ1) is 9.99. The average Bonchev–Trinajstić information content (AvgIpc) is 2.05. The van der Waals surface area contributed by atoms with Crippen molar-refractivity contribution in [1.82, 2.24) is 0 Å². The first-order chi connectivity index (χ1) is 5.56. The number of aliphatic hydroxyl groups excluding tert-OH is 1. The minimum Gasteiger partial charge on any atom is -0.393 e. The minimum atomic E-state index is -2.86. The maximum atomic E-state index is 11.4. The summed E-state index contributed by atoms with van der Waals surface area (Å²) in [4.78, 5) is 0. The second-order valence-electron chi connectivity index (χ2n) is 3.38. The highest BCUT2D eigenvalue weighted by atomic mass is 32.2. The van der Waals surface area contributed by atoms with Crippen molar-refractivity contribution < 1.29 is 13.5 Å². The molecule has 0 atom stereocenters. The van der Waals surface area contributed by atoms with Gasteiger partial charge in [0.25, 0.3) is 0 Å². The van der Waals surface area contributed by atoms with Gasteiger partial charge < -0.3 is 5.11 Å². The molecule has 0 spiro atoms. The summed E-state index contributed by atoms with van der Waals surface area (Å²) in [5.74, 6) is 0.230. The van der Waals surface area contributed by atoms with Crippen molar-refractivity contribution in [2.75, 3.05) is 5.75 Å². The van der Waals surface area contributed by atoms with Crippen LogP contribution in [0.5, 0.6) is 0 Å². The van der Waals surface area contributed by atoms with Gasteiger partial charge in [0, 0.05) is 5.75 Å². The number of aliphatic hydroxyl groups is 1. The molecular formula is C8H16O3S. The fourth-order valence-electron chi connectivity index (χ4n) is 1.64. The Kier molecular flexibility index (Phi) is 3.12. The normalized spacial score (nSPS) is 31.8. The number of hydrogen-bond donors (Lipinski definition) is 1. The fourth-order valence-corrected chi connectivity index (χ4v) is 3.10. The smallest absolute Gasteiger partial charge is 0.152 e. The standard InChI is InChI=1S/C8H16O3S/c1-2-12(10,11)8-5-3-7(9)4-6-8/h7-9H,2-6H2,1H3. The number of rotatable bonds is 2. The highest BCUT2D eigenvalue weighted by Crippen LogP contribution is 2.24. The summed E-state index contributed by atoms with van der Waals surface area (Å²) in [5.41, 5.74) is 0. The molecule has 0 unspecified atom stereocenters. The van der Waals surface area contributed by atoms with Crippen LogP contribution in [-0.2, 0) is 9.84 Å². The van der Waals surface area contributed by atoms with Gasteiger partial charge in [-0.2, -0.15) is 0 Å². The van der Waals surface area contributed by atoms with Crippen molar-refractivity contribution in [3.8, 4) is 0 Å². The Morgan fingerprint density at radius 3 is 2.17 bits per heavy atom. The maximum Gasteiger partial charge on any atom is 0.152 e. The quantitative estimate of drug-likeness (QED) is 0.701. The Morgan fingerprint density at radius 1 is 1.25 bits per heavy atom. The molecule has 1 fully saturated rings. The Bertz CT molecular complexity index is 225. The average molecular weight is 192 g/mol. The van der Waals surface area contributed by atoms with Crippen molar-refractivity contribution >= 4 is 9.84 Å². The fraction of sp³-hybridized carbons (Fsp3) is 1.00. The van der Waals surface area contributed by atoms with Crippen LogP contribution in [0.15, 0.2) is 0 Å². The molecule has 1 N–H and O–H groups in total. The summed E-state index contributed by atoms with van der Waals surface area (Å²) in [7, 11) is -2.86. The van der Waals surface area contributed by atoms with Gasteiger partial charge in [-0.3, -0.25) is 0 Å². The van der Waals surface area contributed by atoms with Gasteiger partial charge in [-0.1, -0.05) is 6.92 Å². The molecule has 0 aliphatic heterocycles. The van der Waals surface area contributed by atoms with E-state index in [1.807, 2.05) is 0 Å². The minimum absolute atomic E-state index is 0.189. The molecule has 4 heteroatoms. The first-order valence-corrected chi connectivity index (χ1v) is 6.17. The Hall–Kier alpha value is -0.0900. The lowest BCUT2D eigenvalue weighted by molar-refractivity contribution is 0.131. The van der Waals surface area contributed by atoms with Crippen LogP contribution in [0.2, 0.25) is 0 Å². The van der Waals surface area contributed by atoms with Crippen LogP contribution in [0.25, 0.3) is 0 Å². The molecule has 0 amide bonds. The molecule has 0 heterocycles. The third kappa shape index (κ3) is 2.20. The van der Waals surface area contributed by atoms with E-state index in [4.69, 9.17) is 0 Å². The van der Waals surface area contributed by atoms with E-state index in [0.29, 0.717) is 25.7 Å². The molecule has 1 aliphatic carbocycles. The van der Waals surface area contributed by atoms with E-state index in [1.165, 1.54) is 0 Å². The maximum absolute atomic E-state index is 11.4. The van der Waals surface area contributed by atoms with Gasteiger partial charge in [0.05, 0.1) is 11.4 Å². The lowest BCUT2D eigenvalue weighted by Crippen LogP contribution is -2.30. The van der Waals surface area contributed by atoms with Crippen molar-refractivity contribution in [2.45, 2.75) is 44.0 Å². The number of hydrogen-bond acceptors (Lipinski definition) is 3. The van der Waals surface area contributed by atoms with Crippen LogP contribution in [0.3, 0.4) is 0 Å². The van der Waals surface area contributed by atoms with Crippen molar-refractivity contribution in [3.05, 3.63) is 0 Å². The van der Waals surface area contributed by atoms with Gasteiger partial charge in [0.2, 0.25) is 0 Å². The third-order valence-electron chi connectivity index (χ3n) is 2.55. The summed E-state index contributed by atoms with van der Waals surface area (Å²) in [5, 5.41) is 8.98. The van der Waals surface area contributed by atoms with Crippen LogP contribution < -0.4 is 0 Å². The van der Waals surface area contributed by atoms with Crippen LogP contribution >= 0.6 is 0 Å². The van der Waals surface area contributed by atoms with Crippen LogP contribution in [0.4, 0.5) is 0 Å². The van der Waals surface area contributed by atoms with Gasteiger partial charge in [-0.15, -0.1) is 0 Å². The summed E-state index contributed by atoms with van der Waals surface area (Å²) in [6, 6.07) is 0. The first-order valence-electron chi connectivity index (χ1n) is 4.46. The highest BCUT2D eigenvalue weighted by molar-refractivity contribution is 7.92. The van der Waals surface area contributed by atoms with Crippen molar-refractivity contribution in [1.29, 1.82) is 0 Å². The van der Waals surface area contributed by atoms with E-state index < -0.39 is 9.84 Å². The lowest BCUT2D eigenvalue weighted by Gasteiger charge is -2.24. The highest BCUT2D eigenvalue weighted by Gasteiger charge is 2.28. The Balaban J connectivity index is 2.56. The molecule has 0 saturated heterocycles. The second kappa shape index (κ2) is 3.75. The van der Waals surface area contributed by atoms with Crippen LogP contribution in [0, 0.1) is 0 Å². The van der Waals surface area contributed by atoms with E-state index in [-0.39, 0.29) is 17.1 Å². The van der Waals surface area contributed by atoms with Gasteiger partial charge >= 0.3 is 0 Å². The van der Waals surface area contributed by atoms with E-state index in [1.54, 1.807) is 6.92 Å². The van der Waals surface area contributed by atoms with E-state index in [2.05, 4.69) is 0 Å². The summed E-state index contributed by atoms with van der Waals surface area (Å²) < 4.78 is 22.8. The zero-order valence-corrected chi connectivity index (χ0v) is 8.18. The summed E-state index contributed by atoms with van der Waals surface area (Å²) in [6.45, 7) is 1.68. The van der Waals surface area contributed by atoms with E-state index in [9.17, 15) is 13.5 Å². The molecular weight excluding hydrogens is 176 g/mol. The summed E-state index contributed by atoms with van der Waals surface area (Å²) in [6.07, 6.45) is 2.29.